The number of nitrogens with one attached hydrogen (secondary N) is 1. The molecule has 0 aromatic carbocycles. The van der Waals surface area contributed by atoms with Crippen molar-refractivity contribution in [2.75, 3.05) is 0 Å². The predicted molar refractivity (Wildman–Crippen MR) is 63.8 cm³/mol. The van der Waals surface area contributed by atoms with Crippen molar-refractivity contribution in [2.45, 2.75) is 26.2 Å². The molecule has 5 heteroatoms. The number of hydrogen-bond acceptors (Lipinski definition) is 4. The number of carbonyl (C=O) groups is 3. The molecule has 1 fully saturated rings. The molecule has 1 N–H and O–H groups in total. The van der Waals surface area contributed by atoms with Crippen molar-refractivity contribution in [3.63, 3.8) is 0 Å². The van der Waals surface area contributed by atoms with Crippen LogP contribution < -0.4 is 5.32 Å². The topological polar surface area (TPSA) is 76.1 Å². The van der Waals surface area contributed by atoms with Crippen LogP contribution in [0.3, 0.4) is 0 Å². The van der Waals surface area contributed by atoms with Gasteiger partial charge < -0.3 is 0 Å². The summed E-state index contributed by atoms with van der Waals surface area (Å²) in [7, 11) is 0. The lowest BCUT2D eigenvalue weighted by Crippen LogP contribution is -2.41. The van der Waals surface area contributed by atoms with Gasteiger partial charge in [-0.1, -0.05) is 6.07 Å². The molecule has 0 radical (unpaired) electrons. The molecule has 2 rings (SSSR count). The molecule has 0 spiro atoms. The van der Waals surface area contributed by atoms with Gasteiger partial charge in [-0.15, -0.1) is 0 Å². The Hall–Kier alpha value is -2.04. The van der Waals surface area contributed by atoms with Crippen molar-refractivity contribution in [2.24, 2.45) is 5.92 Å². The summed E-state index contributed by atoms with van der Waals surface area (Å²) < 4.78 is 0. The Balaban J connectivity index is 2.06. The Kier molecular flexibility index (Phi) is 3.50. The molecule has 2 amide bonds. The van der Waals surface area contributed by atoms with Crippen LogP contribution in [0.1, 0.15) is 35.3 Å². The second-order valence-corrected chi connectivity index (χ2v) is 4.44. The SMILES string of the molecule is Cc1cccnc1C(=O)CC1CCC(=O)NC1=O. The highest BCUT2D eigenvalue weighted by Crippen LogP contribution is 2.19. The summed E-state index contributed by atoms with van der Waals surface area (Å²) in [6.45, 7) is 1.81. The fraction of sp³-hybridized carbons (Fsp3) is 0.385. The smallest absolute Gasteiger partial charge is 0.230 e. The van der Waals surface area contributed by atoms with Gasteiger partial charge in [0.25, 0.3) is 0 Å². The first-order valence-electron chi connectivity index (χ1n) is 5.86. The number of rotatable bonds is 3. The molecule has 2 heterocycles. The fourth-order valence-corrected chi connectivity index (χ4v) is 2.03. The number of carbonyl (C=O) groups excluding carboxylic acids is 3. The molecule has 1 saturated heterocycles. The highest BCUT2D eigenvalue weighted by atomic mass is 16.2. The Bertz CT molecular complexity index is 511. The highest BCUT2D eigenvalue weighted by Gasteiger charge is 2.29. The summed E-state index contributed by atoms with van der Waals surface area (Å²) in [5, 5.41) is 2.25. The van der Waals surface area contributed by atoms with E-state index in [0.29, 0.717) is 18.5 Å². The van der Waals surface area contributed by atoms with Crippen LogP contribution in [0.4, 0.5) is 0 Å². The van der Waals surface area contributed by atoms with E-state index in [4.69, 9.17) is 0 Å². The van der Waals surface area contributed by atoms with Crippen molar-refractivity contribution in [3.8, 4) is 0 Å². The Labute approximate surface area is 105 Å². The van der Waals surface area contributed by atoms with Crippen LogP contribution >= 0.6 is 0 Å². The van der Waals surface area contributed by atoms with E-state index in [0.717, 1.165) is 5.56 Å². The molecule has 5 nitrogen and oxygen atoms in total. The second-order valence-electron chi connectivity index (χ2n) is 4.44. The monoisotopic (exact) mass is 246 g/mol. The van der Waals surface area contributed by atoms with Gasteiger partial charge in [0.15, 0.2) is 5.78 Å². The van der Waals surface area contributed by atoms with Crippen LogP contribution in [0.2, 0.25) is 0 Å². The number of piperidine rings is 1. The lowest BCUT2D eigenvalue weighted by Gasteiger charge is -2.19. The number of hydrogen-bond donors (Lipinski definition) is 1. The van der Waals surface area contributed by atoms with E-state index >= 15 is 0 Å². The van der Waals surface area contributed by atoms with Crippen LogP contribution in [-0.2, 0) is 9.59 Å². The van der Waals surface area contributed by atoms with Gasteiger partial charge in [-0.2, -0.15) is 0 Å². The Morgan fingerprint density at radius 3 is 2.94 bits per heavy atom. The van der Waals surface area contributed by atoms with Crippen molar-refractivity contribution in [3.05, 3.63) is 29.6 Å². The molecular weight excluding hydrogens is 232 g/mol. The zero-order valence-corrected chi connectivity index (χ0v) is 10.1. The number of amides is 2. The number of aryl methyl sites for hydroxylation is 1. The minimum atomic E-state index is -0.420. The van der Waals surface area contributed by atoms with Gasteiger partial charge >= 0.3 is 0 Å². The molecular formula is C13H14N2O3. The lowest BCUT2D eigenvalue weighted by atomic mass is 9.91. The largest absolute Gasteiger partial charge is 0.296 e. The molecule has 1 unspecified atom stereocenters. The van der Waals surface area contributed by atoms with Gasteiger partial charge in [0.2, 0.25) is 11.8 Å². The maximum absolute atomic E-state index is 12.0. The van der Waals surface area contributed by atoms with Crippen molar-refractivity contribution in [1.82, 2.24) is 10.3 Å². The third-order valence-electron chi connectivity index (χ3n) is 3.06. The van der Waals surface area contributed by atoms with Crippen LogP contribution in [0, 0.1) is 12.8 Å². The van der Waals surface area contributed by atoms with E-state index in [1.807, 2.05) is 13.0 Å². The molecule has 0 bridgehead atoms. The van der Waals surface area contributed by atoms with E-state index in [1.165, 1.54) is 0 Å². The molecule has 1 aliphatic rings. The molecule has 94 valence electrons. The maximum atomic E-state index is 12.0. The van der Waals surface area contributed by atoms with Gasteiger partial charge in [0.1, 0.15) is 5.69 Å². The summed E-state index contributed by atoms with van der Waals surface area (Å²) in [6, 6.07) is 3.57. The summed E-state index contributed by atoms with van der Waals surface area (Å²) in [5.74, 6) is -1.19. The molecule has 18 heavy (non-hydrogen) atoms. The first kappa shape index (κ1) is 12.4. The minimum absolute atomic E-state index is 0.108. The average molecular weight is 246 g/mol. The normalized spacial score (nSPS) is 19.5. The van der Waals surface area contributed by atoms with Crippen molar-refractivity contribution in [1.29, 1.82) is 0 Å². The first-order valence-corrected chi connectivity index (χ1v) is 5.86. The molecule has 1 aliphatic heterocycles. The van der Waals surface area contributed by atoms with E-state index in [2.05, 4.69) is 10.3 Å². The average Bonchev–Trinajstić information content (AvgIpc) is 2.33. The van der Waals surface area contributed by atoms with E-state index in [-0.39, 0.29) is 24.0 Å². The minimum Gasteiger partial charge on any atom is -0.296 e. The third-order valence-corrected chi connectivity index (χ3v) is 3.06. The number of nitrogens with zero attached hydrogens (tertiary/aromatic N) is 1. The van der Waals surface area contributed by atoms with E-state index in [1.54, 1.807) is 12.3 Å². The summed E-state index contributed by atoms with van der Waals surface area (Å²) in [4.78, 5) is 38.6. The van der Waals surface area contributed by atoms with E-state index in [9.17, 15) is 14.4 Å². The predicted octanol–water partition coefficient (Wildman–Crippen LogP) is 1.02. The van der Waals surface area contributed by atoms with Crippen LogP contribution in [0.25, 0.3) is 0 Å². The highest BCUT2D eigenvalue weighted by molar-refractivity contribution is 6.03. The Morgan fingerprint density at radius 2 is 2.28 bits per heavy atom. The molecule has 1 aromatic heterocycles. The second kappa shape index (κ2) is 5.08. The standard InChI is InChI=1S/C13H14N2O3/c1-8-3-2-6-14-12(8)10(16)7-9-4-5-11(17)15-13(9)18/h2-3,6,9H,4-5,7H2,1H3,(H,15,17,18). The number of imide groups is 1. The van der Waals surface area contributed by atoms with Gasteiger partial charge in [-0.25, -0.2) is 0 Å². The van der Waals surface area contributed by atoms with Crippen LogP contribution in [0.5, 0.6) is 0 Å². The molecule has 1 atom stereocenters. The van der Waals surface area contributed by atoms with Crippen LogP contribution in [-0.4, -0.2) is 22.6 Å². The number of aromatic nitrogens is 1. The first-order chi connectivity index (χ1) is 8.58. The van der Waals surface area contributed by atoms with E-state index < -0.39 is 5.92 Å². The zero-order valence-electron chi connectivity index (χ0n) is 10.1. The van der Waals surface area contributed by atoms with Crippen LogP contribution in [0.15, 0.2) is 18.3 Å². The molecule has 0 aliphatic carbocycles. The fourth-order valence-electron chi connectivity index (χ4n) is 2.03. The third kappa shape index (κ3) is 2.61. The quantitative estimate of drug-likeness (QED) is 0.638. The maximum Gasteiger partial charge on any atom is 0.230 e. The van der Waals surface area contributed by atoms with Crippen molar-refractivity contribution < 1.29 is 14.4 Å². The lowest BCUT2D eigenvalue weighted by molar-refractivity contribution is -0.136. The number of pyridine rings is 1. The summed E-state index contributed by atoms with van der Waals surface area (Å²) in [5.41, 5.74) is 1.21. The number of Topliss-reactive ketones (excluding diaryl/α,β-unsaturated/α-hetero) is 1. The zero-order chi connectivity index (χ0) is 13.1. The molecule has 0 saturated carbocycles. The van der Waals surface area contributed by atoms with Gasteiger partial charge in [0, 0.05) is 25.0 Å². The number of ketones is 1. The molecule has 1 aromatic rings. The van der Waals surface area contributed by atoms with Gasteiger partial charge in [0.05, 0.1) is 0 Å². The summed E-state index contributed by atoms with van der Waals surface area (Å²) >= 11 is 0. The van der Waals surface area contributed by atoms with Gasteiger partial charge in [-0.05, 0) is 25.0 Å². The van der Waals surface area contributed by atoms with Gasteiger partial charge in [-0.3, -0.25) is 24.7 Å². The summed E-state index contributed by atoms with van der Waals surface area (Å²) in [6.07, 6.45) is 2.40. The Morgan fingerprint density at radius 1 is 1.50 bits per heavy atom. The van der Waals surface area contributed by atoms with Crippen molar-refractivity contribution >= 4 is 17.6 Å².